The Morgan fingerprint density at radius 2 is 1.86 bits per heavy atom. The number of allylic oxidation sites excluding steroid dienone is 1. The molecule has 4 aliphatic carbocycles. The number of carbonyl (C=O) groups is 1. The Hall–Kier alpha value is -0.990. The summed E-state index contributed by atoms with van der Waals surface area (Å²) in [6.07, 6.45) is 10.6. The molecule has 0 aromatic rings. The monoisotopic (exact) mass is 301 g/mol. The lowest BCUT2D eigenvalue weighted by molar-refractivity contribution is -0.117. The molecule has 3 fully saturated rings. The van der Waals surface area contributed by atoms with Crippen LogP contribution < -0.4 is 0 Å². The minimum absolute atomic E-state index is 0.0381. The van der Waals surface area contributed by atoms with E-state index in [-0.39, 0.29) is 16.9 Å². The van der Waals surface area contributed by atoms with Gasteiger partial charge in [0.2, 0.25) is 0 Å². The first-order chi connectivity index (χ1) is 10.5. The lowest BCUT2D eigenvalue weighted by atomic mass is 9.47. The zero-order chi connectivity index (χ0) is 15.5. The van der Waals surface area contributed by atoms with E-state index in [9.17, 15) is 9.70 Å². The number of nitrogens with zero attached hydrogens (tertiary/aromatic N) is 1. The normalized spacial score (nSPS) is 50.6. The average Bonchev–Trinajstić information content (AvgIpc) is 2.84. The van der Waals surface area contributed by atoms with Gasteiger partial charge in [-0.1, -0.05) is 24.6 Å². The van der Waals surface area contributed by atoms with Gasteiger partial charge in [-0.3, -0.25) is 4.79 Å². The zero-order valence-electron chi connectivity index (χ0n) is 13.8. The van der Waals surface area contributed by atoms with Gasteiger partial charge in [0.25, 0.3) is 0 Å². The van der Waals surface area contributed by atoms with Gasteiger partial charge in [-0.15, -0.1) is 0 Å². The second-order valence-electron chi connectivity index (χ2n) is 8.71. The molecule has 0 aliphatic heterocycles. The van der Waals surface area contributed by atoms with Gasteiger partial charge >= 0.3 is 0 Å². The van der Waals surface area contributed by atoms with Crippen molar-refractivity contribution in [3.8, 4) is 0 Å². The molecule has 0 amide bonds. The molecule has 0 aromatic carbocycles. The Balaban J connectivity index is 1.68. The van der Waals surface area contributed by atoms with Crippen molar-refractivity contribution in [3.63, 3.8) is 0 Å². The molecule has 4 unspecified atom stereocenters. The van der Waals surface area contributed by atoms with Crippen LogP contribution in [0.15, 0.2) is 16.8 Å². The summed E-state index contributed by atoms with van der Waals surface area (Å²) in [5, 5.41) is 3.48. The van der Waals surface area contributed by atoms with Crippen molar-refractivity contribution in [3.05, 3.63) is 16.6 Å². The van der Waals surface area contributed by atoms with E-state index < -0.39 is 0 Å². The zero-order valence-corrected chi connectivity index (χ0v) is 13.8. The molecule has 22 heavy (non-hydrogen) atoms. The Bertz CT molecular complexity index is 554. The van der Waals surface area contributed by atoms with Crippen molar-refractivity contribution < 1.29 is 4.79 Å². The highest BCUT2D eigenvalue weighted by Crippen LogP contribution is 2.65. The van der Waals surface area contributed by atoms with Crippen LogP contribution in [0.5, 0.6) is 0 Å². The predicted octanol–water partition coefficient (Wildman–Crippen LogP) is 4.65. The van der Waals surface area contributed by atoms with Crippen LogP contribution in [0.2, 0.25) is 0 Å². The summed E-state index contributed by atoms with van der Waals surface area (Å²) in [7, 11) is 0. The minimum Gasteiger partial charge on any atom is -0.295 e. The Morgan fingerprint density at radius 1 is 1.05 bits per heavy atom. The van der Waals surface area contributed by atoms with Gasteiger partial charge in [0.15, 0.2) is 5.78 Å². The van der Waals surface area contributed by atoms with Gasteiger partial charge < -0.3 is 0 Å². The van der Waals surface area contributed by atoms with Gasteiger partial charge in [0.1, 0.15) is 0 Å². The smallest absolute Gasteiger partial charge is 0.155 e. The molecule has 4 aliphatic rings. The summed E-state index contributed by atoms with van der Waals surface area (Å²) >= 11 is 0. The molecule has 0 heterocycles. The first-order valence-electron chi connectivity index (χ1n) is 9.05. The van der Waals surface area contributed by atoms with Gasteiger partial charge in [0.05, 0.1) is 6.04 Å². The summed E-state index contributed by atoms with van der Waals surface area (Å²) in [6.45, 7) is 4.74. The molecule has 0 radical (unpaired) electrons. The fourth-order valence-corrected chi connectivity index (χ4v) is 6.70. The quantitative estimate of drug-likeness (QED) is 0.662. The van der Waals surface area contributed by atoms with Gasteiger partial charge in [-0.2, -0.15) is 4.91 Å². The van der Waals surface area contributed by atoms with Crippen molar-refractivity contribution in [1.82, 2.24) is 0 Å². The van der Waals surface area contributed by atoms with Crippen LogP contribution in [0.1, 0.15) is 65.2 Å². The molecule has 3 saturated carbocycles. The molecule has 0 aromatic heterocycles. The van der Waals surface area contributed by atoms with Crippen LogP contribution in [0.3, 0.4) is 0 Å². The van der Waals surface area contributed by atoms with Crippen LogP contribution in [0.4, 0.5) is 0 Å². The third-order valence-corrected chi connectivity index (χ3v) is 8.04. The van der Waals surface area contributed by atoms with E-state index >= 15 is 0 Å². The standard InChI is InChI=1S/C19H27NO2/c1-18-9-7-13(21)11-12(18)3-4-14-15-5-6-17(20-22)19(15,2)10-8-16(14)18/h11,14-17H,3-10H2,1-2H3/t14?,15-,16-,17?,18?,19?/m0/s1. The van der Waals surface area contributed by atoms with Gasteiger partial charge in [-0.25, -0.2) is 0 Å². The minimum atomic E-state index is 0.0381. The van der Waals surface area contributed by atoms with Crippen LogP contribution >= 0.6 is 0 Å². The maximum absolute atomic E-state index is 11.8. The second kappa shape index (κ2) is 4.75. The fraction of sp³-hybridized carbons (Fsp3) is 0.842. The number of nitroso groups, excluding NO2 is 1. The van der Waals surface area contributed by atoms with Gasteiger partial charge in [0, 0.05) is 6.42 Å². The highest BCUT2D eigenvalue weighted by Gasteiger charge is 2.59. The third-order valence-electron chi connectivity index (χ3n) is 8.04. The van der Waals surface area contributed by atoms with Crippen molar-refractivity contribution in [2.24, 2.45) is 33.8 Å². The number of rotatable bonds is 1. The molecule has 4 rings (SSSR count). The fourth-order valence-electron chi connectivity index (χ4n) is 6.70. The van der Waals surface area contributed by atoms with Crippen molar-refractivity contribution >= 4 is 5.78 Å². The van der Waals surface area contributed by atoms with E-state index in [0.29, 0.717) is 17.6 Å². The average molecular weight is 301 g/mol. The Kier molecular flexibility index (Phi) is 3.15. The highest BCUT2D eigenvalue weighted by molar-refractivity contribution is 5.91. The maximum Gasteiger partial charge on any atom is 0.155 e. The van der Waals surface area contributed by atoms with E-state index in [0.717, 1.165) is 38.0 Å². The van der Waals surface area contributed by atoms with E-state index in [1.165, 1.54) is 24.8 Å². The lowest BCUT2D eigenvalue weighted by Gasteiger charge is -2.57. The SMILES string of the molecule is CC12CCC(=O)C=C1CCC1[C@@H]2CCC2(C)C(N=O)CC[C@@H]12. The van der Waals surface area contributed by atoms with Gasteiger partial charge in [-0.05, 0) is 79.6 Å². The van der Waals surface area contributed by atoms with Crippen LogP contribution in [-0.2, 0) is 4.79 Å². The van der Waals surface area contributed by atoms with Crippen LogP contribution in [-0.4, -0.2) is 11.8 Å². The summed E-state index contributed by atoms with van der Waals surface area (Å²) in [5.41, 5.74) is 1.81. The number of fused-ring (bicyclic) bond motifs is 5. The summed E-state index contributed by atoms with van der Waals surface area (Å²) in [6, 6.07) is 0.0381. The molecule has 0 spiro atoms. The Labute approximate surface area is 132 Å². The van der Waals surface area contributed by atoms with E-state index in [4.69, 9.17) is 0 Å². The molecule has 0 saturated heterocycles. The molecule has 0 N–H and O–H groups in total. The molecule has 3 nitrogen and oxygen atoms in total. The first-order valence-corrected chi connectivity index (χ1v) is 9.05. The topological polar surface area (TPSA) is 46.5 Å². The Morgan fingerprint density at radius 3 is 2.64 bits per heavy atom. The van der Waals surface area contributed by atoms with Crippen LogP contribution in [0, 0.1) is 33.5 Å². The molecule has 120 valence electrons. The number of ketones is 1. The second-order valence-corrected chi connectivity index (χ2v) is 8.71. The summed E-state index contributed by atoms with van der Waals surface area (Å²) in [4.78, 5) is 23.1. The molecular formula is C19H27NO2. The summed E-state index contributed by atoms with van der Waals surface area (Å²) < 4.78 is 0. The molecular weight excluding hydrogens is 274 g/mol. The van der Waals surface area contributed by atoms with E-state index in [1.54, 1.807) is 0 Å². The van der Waals surface area contributed by atoms with Crippen molar-refractivity contribution in [1.29, 1.82) is 0 Å². The molecule has 3 heteroatoms. The molecule has 6 atom stereocenters. The number of hydrogen-bond acceptors (Lipinski definition) is 3. The number of hydrogen-bond donors (Lipinski definition) is 0. The number of carbonyl (C=O) groups excluding carboxylic acids is 1. The summed E-state index contributed by atoms with van der Waals surface area (Å²) in [5.74, 6) is 2.45. The molecule has 0 bridgehead atoms. The third kappa shape index (κ3) is 1.77. The lowest BCUT2D eigenvalue weighted by Crippen LogP contribution is -2.51. The van der Waals surface area contributed by atoms with Crippen molar-refractivity contribution in [2.75, 3.05) is 0 Å². The maximum atomic E-state index is 11.8. The highest BCUT2D eigenvalue weighted by atomic mass is 16.3. The van der Waals surface area contributed by atoms with Crippen molar-refractivity contribution in [2.45, 2.75) is 71.3 Å². The predicted molar refractivity (Wildman–Crippen MR) is 86.3 cm³/mol. The largest absolute Gasteiger partial charge is 0.295 e. The van der Waals surface area contributed by atoms with E-state index in [1.807, 2.05) is 6.08 Å². The van der Waals surface area contributed by atoms with E-state index in [2.05, 4.69) is 19.0 Å². The first kappa shape index (κ1) is 14.6. The van der Waals surface area contributed by atoms with Crippen LogP contribution in [0.25, 0.3) is 0 Å².